The minimum absolute atomic E-state index is 0.122. The van der Waals surface area contributed by atoms with Crippen molar-refractivity contribution in [3.63, 3.8) is 0 Å². The molecule has 0 aliphatic rings. The number of carbonyl (C=O) groups excluding carboxylic acids is 1. The Hall–Kier alpha value is -3.58. The van der Waals surface area contributed by atoms with Crippen LogP contribution >= 0.6 is 11.6 Å². The zero-order valence-corrected chi connectivity index (χ0v) is 20.9. The lowest BCUT2D eigenvalue weighted by Crippen LogP contribution is -2.34. The Bertz CT molecular complexity index is 1210. The number of ether oxygens (including phenoxy) is 2. The summed E-state index contributed by atoms with van der Waals surface area (Å²) in [6.07, 6.45) is -0.633. The first-order valence-electron chi connectivity index (χ1n) is 11.2. The average molecular weight is 497 g/mol. The number of pyridine rings is 1. The minimum atomic E-state index is -0.924. The van der Waals surface area contributed by atoms with Crippen molar-refractivity contribution in [2.75, 3.05) is 0 Å². The Kier molecular flexibility index (Phi) is 8.35. The summed E-state index contributed by atoms with van der Waals surface area (Å²) in [4.78, 5) is 28.0. The highest BCUT2D eigenvalue weighted by molar-refractivity contribution is 6.30. The van der Waals surface area contributed by atoms with Gasteiger partial charge in [0.25, 0.3) is 0 Å². The molecule has 0 radical (unpaired) electrons. The third kappa shape index (κ3) is 8.00. The van der Waals surface area contributed by atoms with Gasteiger partial charge in [-0.15, -0.1) is 0 Å². The molecule has 184 valence electrons. The Morgan fingerprint density at radius 2 is 1.83 bits per heavy atom. The molecule has 3 aromatic rings. The summed E-state index contributed by atoms with van der Waals surface area (Å²) in [5.41, 5.74) is 2.98. The Balaban J connectivity index is 1.77. The second-order valence-corrected chi connectivity index (χ2v) is 9.57. The van der Waals surface area contributed by atoms with Gasteiger partial charge in [-0.3, -0.25) is 9.78 Å². The Morgan fingerprint density at radius 1 is 1.09 bits per heavy atom. The van der Waals surface area contributed by atoms with Crippen LogP contribution < -0.4 is 10.1 Å². The van der Waals surface area contributed by atoms with Gasteiger partial charge in [0.05, 0.1) is 23.9 Å². The number of para-hydroxylation sites is 1. The number of benzene rings is 2. The minimum Gasteiger partial charge on any atom is -0.489 e. The van der Waals surface area contributed by atoms with E-state index in [0.29, 0.717) is 27.7 Å². The largest absolute Gasteiger partial charge is 0.489 e. The van der Waals surface area contributed by atoms with Crippen LogP contribution in [-0.4, -0.2) is 27.8 Å². The summed E-state index contributed by atoms with van der Waals surface area (Å²) >= 11 is 6.38. The molecule has 2 aromatic carbocycles. The lowest BCUT2D eigenvalue weighted by molar-refractivity contribution is -0.136. The highest BCUT2D eigenvalue weighted by Crippen LogP contribution is 2.27. The van der Waals surface area contributed by atoms with E-state index >= 15 is 0 Å². The summed E-state index contributed by atoms with van der Waals surface area (Å²) in [5.74, 6) is -0.411. The van der Waals surface area contributed by atoms with Gasteiger partial charge in [0.2, 0.25) is 0 Å². The normalized spacial score (nSPS) is 12.0. The van der Waals surface area contributed by atoms with E-state index < -0.39 is 17.7 Å². The Morgan fingerprint density at radius 3 is 2.54 bits per heavy atom. The molecule has 1 amide bonds. The van der Waals surface area contributed by atoms with E-state index in [1.165, 1.54) is 0 Å². The highest BCUT2D eigenvalue weighted by Gasteiger charge is 2.19. The van der Waals surface area contributed by atoms with Crippen LogP contribution in [0.2, 0.25) is 5.02 Å². The molecule has 0 spiro atoms. The molecule has 0 aliphatic carbocycles. The molecule has 0 saturated heterocycles. The molecule has 0 saturated carbocycles. The smallest absolute Gasteiger partial charge is 0.408 e. The molecule has 1 atom stereocenters. The van der Waals surface area contributed by atoms with Crippen molar-refractivity contribution in [1.82, 2.24) is 10.3 Å². The molecular weight excluding hydrogens is 468 g/mol. The number of halogens is 1. The number of rotatable bonds is 8. The summed E-state index contributed by atoms with van der Waals surface area (Å²) in [6.45, 7) is 7.46. The van der Waals surface area contributed by atoms with Crippen LogP contribution in [0.3, 0.4) is 0 Å². The van der Waals surface area contributed by atoms with Crippen molar-refractivity contribution in [2.45, 2.75) is 52.4 Å². The number of hydrogen-bond acceptors (Lipinski definition) is 5. The van der Waals surface area contributed by atoms with E-state index in [1.54, 1.807) is 51.1 Å². The summed E-state index contributed by atoms with van der Waals surface area (Å²) in [5, 5.41) is 12.4. The van der Waals surface area contributed by atoms with Crippen molar-refractivity contribution in [3.05, 3.63) is 82.5 Å². The second kappa shape index (κ2) is 11.2. The van der Waals surface area contributed by atoms with Crippen molar-refractivity contribution in [2.24, 2.45) is 0 Å². The molecule has 8 heteroatoms. The van der Waals surface area contributed by atoms with Crippen molar-refractivity contribution >= 4 is 23.7 Å². The van der Waals surface area contributed by atoms with Crippen molar-refractivity contribution < 1.29 is 24.2 Å². The number of carboxylic acid groups (broad SMARTS) is 1. The fourth-order valence-corrected chi connectivity index (χ4v) is 3.67. The van der Waals surface area contributed by atoms with Gasteiger partial charge in [-0.2, -0.15) is 0 Å². The Labute approximate surface area is 210 Å². The molecule has 0 aliphatic heterocycles. The first-order chi connectivity index (χ1) is 16.5. The van der Waals surface area contributed by atoms with Gasteiger partial charge in [0.1, 0.15) is 18.0 Å². The average Bonchev–Trinajstić information content (AvgIpc) is 2.76. The molecule has 1 aromatic heterocycles. The molecule has 3 rings (SSSR count). The van der Waals surface area contributed by atoms with Gasteiger partial charge in [-0.25, -0.2) is 4.79 Å². The number of alkyl carbamates (subject to hydrolysis) is 1. The monoisotopic (exact) mass is 496 g/mol. The number of nitrogens with zero attached hydrogens (tertiary/aromatic N) is 1. The van der Waals surface area contributed by atoms with Gasteiger partial charge < -0.3 is 19.9 Å². The van der Waals surface area contributed by atoms with Gasteiger partial charge >= 0.3 is 12.1 Å². The lowest BCUT2D eigenvalue weighted by Gasteiger charge is -2.22. The first-order valence-corrected chi connectivity index (χ1v) is 11.6. The number of carbonyl (C=O) groups is 2. The molecule has 1 unspecified atom stereocenters. The van der Waals surface area contributed by atoms with Gasteiger partial charge in [-0.05, 0) is 69.7 Å². The van der Waals surface area contributed by atoms with Crippen LogP contribution in [-0.2, 0) is 22.6 Å². The highest BCUT2D eigenvalue weighted by atomic mass is 35.5. The van der Waals surface area contributed by atoms with Crippen molar-refractivity contribution in [1.29, 1.82) is 0 Å². The van der Waals surface area contributed by atoms with E-state index in [9.17, 15) is 9.59 Å². The predicted molar refractivity (Wildman–Crippen MR) is 135 cm³/mol. The summed E-state index contributed by atoms with van der Waals surface area (Å²) < 4.78 is 11.2. The number of aromatic nitrogens is 1. The van der Waals surface area contributed by atoms with Gasteiger partial charge in [0, 0.05) is 16.1 Å². The molecule has 0 bridgehead atoms. The van der Waals surface area contributed by atoms with E-state index in [-0.39, 0.29) is 19.1 Å². The van der Waals surface area contributed by atoms with Crippen LogP contribution in [0.1, 0.15) is 50.6 Å². The van der Waals surface area contributed by atoms with Crippen LogP contribution in [0, 0.1) is 0 Å². The first kappa shape index (κ1) is 26.0. The molecule has 7 nitrogen and oxygen atoms in total. The fourth-order valence-electron chi connectivity index (χ4n) is 3.41. The van der Waals surface area contributed by atoms with Crippen LogP contribution in [0.25, 0.3) is 11.3 Å². The predicted octanol–water partition coefficient (Wildman–Crippen LogP) is 6.19. The number of hydrogen-bond donors (Lipinski definition) is 2. The molecular formula is C27H29ClN2O5. The maximum atomic E-state index is 12.1. The zero-order valence-electron chi connectivity index (χ0n) is 20.2. The summed E-state index contributed by atoms with van der Waals surface area (Å²) in [6, 6.07) is 17.8. The maximum absolute atomic E-state index is 12.1. The number of carboxylic acids is 1. The van der Waals surface area contributed by atoms with Crippen LogP contribution in [0.4, 0.5) is 4.79 Å². The van der Waals surface area contributed by atoms with E-state index in [2.05, 4.69) is 5.32 Å². The summed E-state index contributed by atoms with van der Waals surface area (Å²) in [7, 11) is 0. The van der Waals surface area contributed by atoms with Crippen LogP contribution in [0.15, 0.2) is 60.7 Å². The number of amides is 1. The molecule has 35 heavy (non-hydrogen) atoms. The fraction of sp³-hybridized carbons (Fsp3) is 0.296. The van der Waals surface area contributed by atoms with Crippen LogP contribution in [0.5, 0.6) is 5.75 Å². The maximum Gasteiger partial charge on any atom is 0.408 e. The lowest BCUT2D eigenvalue weighted by atomic mass is 10.1. The third-order valence-electron chi connectivity index (χ3n) is 4.91. The molecule has 1 heterocycles. The van der Waals surface area contributed by atoms with Gasteiger partial charge in [0.15, 0.2) is 0 Å². The molecule has 0 fully saturated rings. The SMILES string of the molecule is CC(NC(=O)OC(C)(C)C)c1cccc(-c2cc(Cl)cc(COc3ccccc3CC(=O)O)c2)n1. The number of nitrogens with one attached hydrogen (secondary N) is 1. The van der Waals surface area contributed by atoms with Gasteiger partial charge in [-0.1, -0.05) is 35.9 Å². The standard InChI is InChI=1S/C27H29ClN2O5/c1-17(29-26(33)35-27(2,3)4)22-9-7-10-23(30-22)20-12-18(13-21(28)14-20)16-34-24-11-6-5-8-19(24)15-25(31)32/h5-14,17H,15-16H2,1-4H3,(H,29,33)(H,31,32). The zero-order chi connectivity index (χ0) is 25.6. The topological polar surface area (TPSA) is 97.8 Å². The van der Waals surface area contributed by atoms with E-state index in [0.717, 1.165) is 11.1 Å². The van der Waals surface area contributed by atoms with E-state index in [1.807, 2.05) is 37.3 Å². The number of aliphatic carboxylic acids is 1. The van der Waals surface area contributed by atoms with Crippen molar-refractivity contribution in [3.8, 4) is 17.0 Å². The quantitative estimate of drug-likeness (QED) is 0.385. The van der Waals surface area contributed by atoms with E-state index in [4.69, 9.17) is 31.2 Å². The third-order valence-corrected chi connectivity index (χ3v) is 5.13. The molecule has 2 N–H and O–H groups in total. The second-order valence-electron chi connectivity index (χ2n) is 9.13.